The largest absolute Gasteiger partial charge is 0.310 e. The highest BCUT2D eigenvalue weighted by Gasteiger charge is 2.10. The number of pyridine rings is 1. The lowest BCUT2D eigenvalue weighted by Gasteiger charge is -2.19. The molecule has 0 bridgehead atoms. The van der Waals surface area contributed by atoms with Crippen LogP contribution in [0.5, 0.6) is 0 Å². The molecule has 1 unspecified atom stereocenters. The molecular weight excluding hydrogens is 256 g/mol. The van der Waals surface area contributed by atoms with E-state index in [0.717, 1.165) is 31.5 Å². The summed E-state index contributed by atoms with van der Waals surface area (Å²) >= 11 is 0. The Kier molecular flexibility index (Phi) is 6.42. The van der Waals surface area contributed by atoms with E-state index < -0.39 is 0 Å². The van der Waals surface area contributed by atoms with Gasteiger partial charge in [-0.3, -0.25) is 4.98 Å². The van der Waals surface area contributed by atoms with Crippen molar-refractivity contribution >= 4 is 0 Å². The van der Waals surface area contributed by atoms with E-state index in [1.165, 1.54) is 17.5 Å². The SMILES string of the molecule is CCCNC(CCCc1ccccc1)c1ccc(C)nc1. The summed E-state index contributed by atoms with van der Waals surface area (Å²) < 4.78 is 0. The van der Waals surface area contributed by atoms with Crippen LogP contribution in [0.3, 0.4) is 0 Å². The Morgan fingerprint density at radius 3 is 2.57 bits per heavy atom. The molecule has 1 heterocycles. The predicted molar refractivity (Wildman–Crippen MR) is 89.4 cm³/mol. The highest BCUT2D eigenvalue weighted by molar-refractivity contribution is 5.18. The summed E-state index contributed by atoms with van der Waals surface area (Å²) in [6.07, 6.45) is 6.67. The molecule has 0 aliphatic carbocycles. The van der Waals surface area contributed by atoms with Crippen LogP contribution in [0.2, 0.25) is 0 Å². The normalized spacial score (nSPS) is 12.3. The minimum Gasteiger partial charge on any atom is -0.310 e. The van der Waals surface area contributed by atoms with Crippen molar-refractivity contribution in [1.82, 2.24) is 10.3 Å². The average molecular weight is 282 g/mol. The summed E-state index contributed by atoms with van der Waals surface area (Å²) in [6.45, 7) is 5.30. The number of hydrogen-bond acceptors (Lipinski definition) is 2. The number of benzene rings is 1. The van der Waals surface area contributed by atoms with Crippen LogP contribution in [0.4, 0.5) is 0 Å². The van der Waals surface area contributed by atoms with E-state index in [1.807, 2.05) is 13.1 Å². The molecule has 21 heavy (non-hydrogen) atoms. The first-order valence-corrected chi connectivity index (χ1v) is 7.99. The second-order valence-corrected chi connectivity index (χ2v) is 5.62. The quantitative estimate of drug-likeness (QED) is 0.773. The fraction of sp³-hybridized carbons (Fsp3) is 0.421. The highest BCUT2D eigenvalue weighted by Crippen LogP contribution is 2.19. The van der Waals surface area contributed by atoms with E-state index in [9.17, 15) is 0 Å². The number of nitrogens with zero attached hydrogens (tertiary/aromatic N) is 1. The van der Waals surface area contributed by atoms with Crippen molar-refractivity contribution in [2.75, 3.05) is 6.54 Å². The molecule has 112 valence electrons. The van der Waals surface area contributed by atoms with Gasteiger partial charge in [0.15, 0.2) is 0 Å². The van der Waals surface area contributed by atoms with Crippen molar-refractivity contribution < 1.29 is 0 Å². The molecular formula is C19H26N2. The molecule has 1 aromatic carbocycles. The lowest BCUT2D eigenvalue weighted by Crippen LogP contribution is -2.22. The smallest absolute Gasteiger partial charge is 0.0372 e. The van der Waals surface area contributed by atoms with E-state index in [1.54, 1.807) is 0 Å². The molecule has 0 spiro atoms. The van der Waals surface area contributed by atoms with Gasteiger partial charge in [0, 0.05) is 17.9 Å². The van der Waals surface area contributed by atoms with Crippen LogP contribution in [-0.4, -0.2) is 11.5 Å². The van der Waals surface area contributed by atoms with Crippen molar-refractivity contribution in [2.45, 2.75) is 45.6 Å². The van der Waals surface area contributed by atoms with Crippen LogP contribution in [0.1, 0.15) is 49.0 Å². The van der Waals surface area contributed by atoms with Crippen LogP contribution in [-0.2, 0) is 6.42 Å². The molecule has 0 fully saturated rings. The van der Waals surface area contributed by atoms with E-state index in [0.29, 0.717) is 6.04 Å². The summed E-state index contributed by atoms with van der Waals surface area (Å²) in [4.78, 5) is 4.43. The van der Waals surface area contributed by atoms with E-state index >= 15 is 0 Å². The Morgan fingerprint density at radius 2 is 1.90 bits per heavy atom. The van der Waals surface area contributed by atoms with Crippen molar-refractivity contribution in [1.29, 1.82) is 0 Å². The summed E-state index contributed by atoms with van der Waals surface area (Å²) in [6, 6.07) is 15.5. The molecule has 0 amide bonds. The average Bonchev–Trinajstić information content (AvgIpc) is 2.53. The fourth-order valence-electron chi connectivity index (χ4n) is 2.55. The van der Waals surface area contributed by atoms with Crippen molar-refractivity contribution in [3.8, 4) is 0 Å². The van der Waals surface area contributed by atoms with Gasteiger partial charge in [0.05, 0.1) is 0 Å². The van der Waals surface area contributed by atoms with Crippen LogP contribution in [0.15, 0.2) is 48.7 Å². The zero-order chi connectivity index (χ0) is 14.9. The zero-order valence-corrected chi connectivity index (χ0v) is 13.2. The number of aromatic nitrogens is 1. The van der Waals surface area contributed by atoms with Crippen LogP contribution >= 0.6 is 0 Å². The van der Waals surface area contributed by atoms with Gasteiger partial charge < -0.3 is 5.32 Å². The third-order valence-corrected chi connectivity index (χ3v) is 3.78. The van der Waals surface area contributed by atoms with E-state index in [2.05, 4.69) is 59.7 Å². The van der Waals surface area contributed by atoms with Gasteiger partial charge in [-0.15, -0.1) is 0 Å². The maximum absolute atomic E-state index is 4.43. The molecule has 0 radical (unpaired) electrons. The fourth-order valence-corrected chi connectivity index (χ4v) is 2.55. The lowest BCUT2D eigenvalue weighted by atomic mass is 10.00. The molecule has 2 rings (SSSR count). The first kappa shape index (κ1) is 15.7. The Balaban J connectivity index is 1.91. The van der Waals surface area contributed by atoms with Gasteiger partial charge in [-0.25, -0.2) is 0 Å². The van der Waals surface area contributed by atoms with Gasteiger partial charge in [0.2, 0.25) is 0 Å². The summed E-state index contributed by atoms with van der Waals surface area (Å²) in [5.41, 5.74) is 3.81. The minimum atomic E-state index is 0.418. The lowest BCUT2D eigenvalue weighted by molar-refractivity contribution is 0.483. The molecule has 0 saturated carbocycles. The van der Waals surface area contributed by atoms with Crippen molar-refractivity contribution in [3.05, 3.63) is 65.5 Å². The van der Waals surface area contributed by atoms with Crippen molar-refractivity contribution in [3.63, 3.8) is 0 Å². The second kappa shape index (κ2) is 8.58. The first-order valence-electron chi connectivity index (χ1n) is 7.99. The Hall–Kier alpha value is -1.67. The first-order chi connectivity index (χ1) is 10.3. The predicted octanol–water partition coefficient (Wildman–Crippen LogP) is 4.45. The Bertz CT molecular complexity index is 505. The highest BCUT2D eigenvalue weighted by atomic mass is 14.9. The minimum absolute atomic E-state index is 0.418. The standard InChI is InChI=1S/C19H26N2/c1-3-14-20-19(18-13-12-16(2)21-15-18)11-7-10-17-8-5-4-6-9-17/h4-6,8-9,12-13,15,19-20H,3,7,10-11,14H2,1-2H3. The molecule has 2 nitrogen and oxygen atoms in total. The van der Waals surface area contributed by atoms with E-state index in [4.69, 9.17) is 0 Å². The summed E-state index contributed by atoms with van der Waals surface area (Å²) in [5.74, 6) is 0. The van der Waals surface area contributed by atoms with Gasteiger partial charge in [-0.05, 0) is 56.3 Å². The molecule has 0 aliphatic heterocycles. The third kappa shape index (κ3) is 5.31. The molecule has 2 aromatic rings. The Morgan fingerprint density at radius 1 is 1.10 bits per heavy atom. The number of nitrogens with one attached hydrogen (secondary N) is 1. The summed E-state index contributed by atoms with van der Waals surface area (Å²) in [5, 5.41) is 3.65. The van der Waals surface area contributed by atoms with E-state index in [-0.39, 0.29) is 0 Å². The molecule has 1 atom stereocenters. The van der Waals surface area contributed by atoms with Crippen molar-refractivity contribution in [2.24, 2.45) is 0 Å². The summed E-state index contributed by atoms with van der Waals surface area (Å²) in [7, 11) is 0. The van der Waals surface area contributed by atoms with Crippen LogP contribution < -0.4 is 5.32 Å². The molecule has 1 aromatic heterocycles. The second-order valence-electron chi connectivity index (χ2n) is 5.62. The number of rotatable bonds is 8. The van der Waals surface area contributed by atoms with Gasteiger partial charge in [0.1, 0.15) is 0 Å². The zero-order valence-electron chi connectivity index (χ0n) is 13.2. The van der Waals surface area contributed by atoms with Gasteiger partial charge in [-0.2, -0.15) is 0 Å². The molecule has 0 saturated heterocycles. The monoisotopic (exact) mass is 282 g/mol. The van der Waals surface area contributed by atoms with Gasteiger partial charge >= 0.3 is 0 Å². The maximum Gasteiger partial charge on any atom is 0.0372 e. The topological polar surface area (TPSA) is 24.9 Å². The number of hydrogen-bond donors (Lipinski definition) is 1. The van der Waals surface area contributed by atoms with Gasteiger partial charge in [0.25, 0.3) is 0 Å². The third-order valence-electron chi connectivity index (χ3n) is 3.78. The Labute approximate surface area is 128 Å². The maximum atomic E-state index is 4.43. The van der Waals surface area contributed by atoms with Crippen LogP contribution in [0, 0.1) is 6.92 Å². The molecule has 0 aliphatic rings. The molecule has 2 heteroatoms. The number of aryl methyl sites for hydroxylation is 2. The van der Waals surface area contributed by atoms with Gasteiger partial charge in [-0.1, -0.05) is 43.3 Å². The van der Waals surface area contributed by atoms with Crippen LogP contribution in [0.25, 0.3) is 0 Å². The molecule has 1 N–H and O–H groups in total.